The van der Waals surface area contributed by atoms with E-state index in [1.165, 1.54) is 4.90 Å². The van der Waals surface area contributed by atoms with Crippen LogP contribution < -0.4 is 5.48 Å². The molecule has 2 N–H and O–H groups in total. The van der Waals surface area contributed by atoms with E-state index in [0.29, 0.717) is 18.4 Å². The van der Waals surface area contributed by atoms with Crippen LogP contribution in [0.1, 0.15) is 44.0 Å². The number of aromatic hydroxyl groups is 1. The van der Waals surface area contributed by atoms with Crippen molar-refractivity contribution in [1.29, 1.82) is 0 Å². The quantitative estimate of drug-likeness (QED) is 0.829. The number of likely N-dealkylation sites (tertiary alicyclic amines) is 1. The van der Waals surface area contributed by atoms with Gasteiger partial charge >= 0.3 is 0 Å². The van der Waals surface area contributed by atoms with Gasteiger partial charge in [-0.2, -0.15) is 0 Å². The molecular weight excluding hydrogens is 332 g/mol. The second kappa shape index (κ2) is 6.96. The molecule has 0 aromatic heterocycles. The normalized spacial score (nSPS) is 17.5. The fourth-order valence-electron chi connectivity index (χ4n) is 3.14. The molecule has 26 heavy (non-hydrogen) atoms. The second-order valence-corrected chi connectivity index (χ2v) is 7.52. The number of nitrogens with one attached hydrogen (secondary N) is 1. The van der Waals surface area contributed by atoms with Crippen molar-refractivity contribution in [3.05, 3.63) is 42.0 Å². The Morgan fingerprint density at radius 2 is 1.92 bits per heavy atom. The smallest absolute Gasteiger partial charge is 0.266 e. The molecule has 1 fully saturated rings. The molecule has 0 spiro atoms. The van der Waals surface area contributed by atoms with Gasteiger partial charge in [-0.15, -0.1) is 0 Å². The van der Waals surface area contributed by atoms with Gasteiger partial charge in [0.05, 0.1) is 11.2 Å². The van der Waals surface area contributed by atoms with Crippen LogP contribution in [0.3, 0.4) is 0 Å². The maximum Gasteiger partial charge on any atom is 0.266 e. The van der Waals surface area contributed by atoms with Crippen LogP contribution in [0.2, 0.25) is 0 Å². The molecule has 3 rings (SSSR count). The lowest BCUT2D eigenvalue weighted by atomic mass is 10.0. The summed E-state index contributed by atoms with van der Waals surface area (Å²) in [5.41, 5.74) is 2.14. The Hall–Kier alpha value is -2.60. The van der Waals surface area contributed by atoms with Crippen LogP contribution in [0.15, 0.2) is 36.4 Å². The molecule has 1 atom stereocenters. The Morgan fingerprint density at radius 1 is 1.19 bits per heavy atom. The van der Waals surface area contributed by atoms with Gasteiger partial charge in [-0.05, 0) is 45.1 Å². The number of carbonyl (C=O) groups is 2. The van der Waals surface area contributed by atoms with E-state index in [0.717, 1.165) is 11.8 Å². The van der Waals surface area contributed by atoms with Gasteiger partial charge in [0, 0.05) is 11.9 Å². The van der Waals surface area contributed by atoms with E-state index >= 15 is 0 Å². The highest BCUT2D eigenvalue weighted by atomic mass is 16.7. The first-order valence-electron chi connectivity index (χ1n) is 8.77. The summed E-state index contributed by atoms with van der Waals surface area (Å²) < 4.78 is 0. The number of hydroxylamine groups is 1. The number of phenolic OH excluding ortho intramolecular Hbond substituents is 1. The lowest BCUT2D eigenvalue weighted by molar-refractivity contribution is -0.149. The molecule has 6 heteroatoms. The SMILES string of the molecule is CC(C)(C)ONC(=O)C1CCCN1C(=O)c1ccc2ccccc2c1O. The molecule has 138 valence electrons. The molecule has 0 bridgehead atoms. The molecule has 6 nitrogen and oxygen atoms in total. The Labute approximate surface area is 152 Å². The second-order valence-electron chi connectivity index (χ2n) is 7.52. The maximum absolute atomic E-state index is 13.0. The number of carbonyl (C=O) groups excluding carboxylic acids is 2. The van der Waals surface area contributed by atoms with Crippen molar-refractivity contribution >= 4 is 22.6 Å². The lowest BCUT2D eigenvalue weighted by Gasteiger charge is -2.26. The minimum atomic E-state index is -0.601. The summed E-state index contributed by atoms with van der Waals surface area (Å²) in [6, 6.07) is 10.1. The molecule has 1 aliphatic heterocycles. The number of nitrogens with zero attached hydrogens (tertiary/aromatic N) is 1. The summed E-state index contributed by atoms with van der Waals surface area (Å²) >= 11 is 0. The van der Waals surface area contributed by atoms with Crippen molar-refractivity contribution in [1.82, 2.24) is 10.4 Å². The van der Waals surface area contributed by atoms with Crippen LogP contribution in [0, 0.1) is 0 Å². The van der Waals surface area contributed by atoms with Gasteiger partial charge in [-0.1, -0.05) is 30.3 Å². The van der Waals surface area contributed by atoms with E-state index < -0.39 is 11.6 Å². The van der Waals surface area contributed by atoms with E-state index in [1.54, 1.807) is 18.2 Å². The minimum Gasteiger partial charge on any atom is -0.506 e. The van der Waals surface area contributed by atoms with Crippen LogP contribution in [-0.2, 0) is 9.63 Å². The summed E-state index contributed by atoms with van der Waals surface area (Å²) in [6.45, 7) is 5.96. The van der Waals surface area contributed by atoms with Crippen molar-refractivity contribution in [3.8, 4) is 5.75 Å². The highest BCUT2D eigenvalue weighted by molar-refractivity contribution is 6.05. The van der Waals surface area contributed by atoms with Crippen molar-refractivity contribution in [2.24, 2.45) is 0 Å². The van der Waals surface area contributed by atoms with Crippen molar-refractivity contribution in [2.45, 2.75) is 45.3 Å². The summed E-state index contributed by atoms with van der Waals surface area (Å²) in [4.78, 5) is 32.3. The van der Waals surface area contributed by atoms with E-state index in [2.05, 4.69) is 5.48 Å². The van der Waals surface area contributed by atoms with Gasteiger partial charge < -0.3 is 10.0 Å². The number of fused-ring (bicyclic) bond motifs is 1. The molecule has 1 heterocycles. The Bertz CT molecular complexity index is 841. The number of phenols is 1. The van der Waals surface area contributed by atoms with Gasteiger partial charge in [0.25, 0.3) is 11.8 Å². The molecular formula is C20H24N2O4. The van der Waals surface area contributed by atoms with Crippen LogP contribution in [-0.4, -0.2) is 40.0 Å². The molecule has 2 amide bonds. The zero-order valence-electron chi connectivity index (χ0n) is 15.3. The summed E-state index contributed by atoms with van der Waals surface area (Å²) in [6.07, 6.45) is 1.30. The average Bonchev–Trinajstić information content (AvgIpc) is 3.09. The molecule has 1 aliphatic rings. The number of hydrogen-bond acceptors (Lipinski definition) is 4. The van der Waals surface area contributed by atoms with E-state index in [4.69, 9.17) is 4.84 Å². The third-order valence-electron chi connectivity index (χ3n) is 4.41. The topological polar surface area (TPSA) is 78.9 Å². The van der Waals surface area contributed by atoms with Gasteiger partial charge in [-0.3, -0.25) is 14.4 Å². The molecule has 1 saturated heterocycles. The fourth-order valence-corrected chi connectivity index (χ4v) is 3.14. The van der Waals surface area contributed by atoms with Crippen molar-refractivity contribution in [2.75, 3.05) is 6.54 Å². The molecule has 0 radical (unpaired) electrons. The molecule has 2 aromatic rings. The Morgan fingerprint density at radius 3 is 2.65 bits per heavy atom. The first-order valence-corrected chi connectivity index (χ1v) is 8.77. The highest BCUT2D eigenvalue weighted by Gasteiger charge is 2.36. The number of hydrogen-bond donors (Lipinski definition) is 2. The summed E-state index contributed by atoms with van der Waals surface area (Å²) in [7, 11) is 0. The monoisotopic (exact) mass is 356 g/mol. The van der Waals surface area contributed by atoms with E-state index in [9.17, 15) is 14.7 Å². The third-order valence-corrected chi connectivity index (χ3v) is 4.41. The van der Waals surface area contributed by atoms with Crippen LogP contribution in [0.5, 0.6) is 5.75 Å². The van der Waals surface area contributed by atoms with Crippen LogP contribution >= 0.6 is 0 Å². The Kier molecular flexibility index (Phi) is 4.87. The summed E-state index contributed by atoms with van der Waals surface area (Å²) in [5, 5.41) is 12.0. The predicted molar refractivity (Wildman–Crippen MR) is 98.7 cm³/mol. The summed E-state index contributed by atoms with van der Waals surface area (Å²) in [5.74, 6) is -0.738. The highest BCUT2D eigenvalue weighted by Crippen LogP contribution is 2.31. The molecule has 2 aromatic carbocycles. The first kappa shape index (κ1) is 18.2. The molecule has 0 saturated carbocycles. The molecule has 1 unspecified atom stereocenters. The standard InChI is InChI=1S/C20H24N2O4/c1-20(2,3)26-21-18(24)16-9-6-12-22(16)19(25)15-11-10-13-7-4-5-8-14(13)17(15)23/h4-5,7-8,10-11,16,23H,6,9,12H2,1-3H3,(H,21,24). The number of rotatable bonds is 3. The van der Waals surface area contributed by atoms with Gasteiger partial charge in [0.15, 0.2) is 0 Å². The zero-order chi connectivity index (χ0) is 18.9. The van der Waals surface area contributed by atoms with Crippen LogP contribution in [0.4, 0.5) is 0 Å². The van der Waals surface area contributed by atoms with Crippen molar-refractivity contribution in [3.63, 3.8) is 0 Å². The number of benzene rings is 2. The van der Waals surface area contributed by atoms with Crippen LogP contribution in [0.25, 0.3) is 10.8 Å². The zero-order valence-corrected chi connectivity index (χ0v) is 15.3. The Balaban J connectivity index is 1.82. The number of amides is 2. The van der Waals surface area contributed by atoms with Gasteiger partial charge in [-0.25, -0.2) is 5.48 Å². The average molecular weight is 356 g/mol. The predicted octanol–water partition coefficient (Wildman–Crippen LogP) is 3.00. The minimum absolute atomic E-state index is 0.0508. The largest absolute Gasteiger partial charge is 0.506 e. The van der Waals surface area contributed by atoms with Crippen molar-refractivity contribution < 1.29 is 19.5 Å². The first-order chi connectivity index (χ1) is 12.3. The van der Waals surface area contributed by atoms with Gasteiger partial charge in [0.2, 0.25) is 0 Å². The third kappa shape index (κ3) is 3.65. The van der Waals surface area contributed by atoms with Gasteiger partial charge in [0.1, 0.15) is 11.8 Å². The van der Waals surface area contributed by atoms with E-state index in [-0.39, 0.29) is 23.1 Å². The lowest BCUT2D eigenvalue weighted by Crippen LogP contribution is -2.47. The van der Waals surface area contributed by atoms with E-state index in [1.807, 2.05) is 39.0 Å². The molecule has 0 aliphatic carbocycles. The maximum atomic E-state index is 13.0. The fraction of sp³-hybridized carbons (Fsp3) is 0.400.